The molecule has 14 heavy (non-hydrogen) atoms. The van der Waals surface area contributed by atoms with Crippen molar-refractivity contribution in [2.75, 3.05) is 0 Å². The van der Waals surface area contributed by atoms with Crippen LogP contribution in [-0.2, 0) is 4.74 Å². The zero-order valence-corrected chi connectivity index (χ0v) is 6.93. The number of carbonyl (C=O) groups excluding carboxylic acids is 1. The second-order valence-electron chi connectivity index (χ2n) is 2.34. The fourth-order valence-electron chi connectivity index (χ4n) is 0.819. The van der Waals surface area contributed by atoms with Gasteiger partial charge < -0.3 is 9.84 Å². The highest BCUT2D eigenvalue weighted by atomic mass is 16.7. The third-order valence-corrected chi connectivity index (χ3v) is 1.43. The van der Waals surface area contributed by atoms with Gasteiger partial charge in [-0.2, -0.15) is 5.26 Å². The largest absolute Gasteiger partial charge is 0.513 e. The number of carbonyl (C=O) groups is 2. The number of nitriles is 1. The van der Waals surface area contributed by atoms with E-state index in [4.69, 9.17) is 10.4 Å². The predicted molar refractivity (Wildman–Crippen MR) is 44.6 cm³/mol. The first kappa shape index (κ1) is 9.74. The maximum Gasteiger partial charge on any atom is 0.513 e. The van der Waals surface area contributed by atoms with Gasteiger partial charge in [0.1, 0.15) is 0 Å². The van der Waals surface area contributed by atoms with E-state index in [1.54, 1.807) is 0 Å². The van der Waals surface area contributed by atoms with Gasteiger partial charge in [-0.15, -0.1) is 0 Å². The number of benzene rings is 1. The van der Waals surface area contributed by atoms with Crippen molar-refractivity contribution >= 4 is 12.1 Å². The molecule has 0 radical (unpaired) electrons. The minimum atomic E-state index is -1.65. The summed E-state index contributed by atoms with van der Waals surface area (Å²) in [6, 6.07) is 7.31. The Balaban J connectivity index is 2.83. The Labute approximate surface area is 79.1 Å². The van der Waals surface area contributed by atoms with Crippen LogP contribution < -0.4 is 0 Å². The van der Waals surface area contributed by atoms with Gasteiger partial charge in [0.15, 0.2) is 0 Å². The summed E-state index contributed by atoms with van der Waals surface area (Å²) in [6.45, 7) is 0. The molecule has 0 fully saturated rings. The van der Waals surface area contributed by atoms with Crippen molar-refractivity contribution in [3.8, 4) is 6.07 Å². The first-order valence-corrected chi connectivity index (χ1v) is 3.59. The van der Waals surface area contributed by atoms with Gasteiger partial charge in [0.05, 0.1) is 17.2 Å². The molecule has 0 spiro atoms. The lowest BCUT2D eigenvalue weighted by molar-refractivity contribution is 0.0509. The van der Waals surface area contributed by atoms with Crippen molar-refractivity contribution in [1.29, 1.82) is 5.26 Å². The number of ether oxygens (including phenoxy) is 1. The zero-order valence-electron chi connectivity index (χ0n) is 6.93. The van der Waals surface area contributed by atoms with Crippen LogP contribution in [0.1, 0.15) is 15.9 Å². The number of hydrogen-bond acceptors (Lipinski definition) is 4. The van der Waals surface area contributed by atoms with Crippen LogP contribution in [-0.4, -0.2) is 17.2 Å². The summed E-state index contributed by atoms with van der Waals surface area (Å²) in [7, 11) is 0. The van der Waals surface area contributed by atoms with Crippen LogP contribution in [0.25, 0.3) is 0 Å². The second-order valence-corrected chi connectivity index (χ2v) is 2.34. The highest BCUT2D eigenvalue weighted by molar-refractivity contribution is 5.94. The molecular formula is C9H5NO4. The molecule has 0 amide bonds. The van der Waals surface area contributed by atoms with Crippen LogP contribution in [0.15, 0.2) is 24.3 Å². The van der Waals surface area contributed by atoms with Crippen LogP contribution >= 0.6 is 0 Å². The van der Waals surface area contributed by atoms with Crippen LogP contribution in [0.5, 0.6) is 0 Å². The molecule has 0 heterocycles. The quantitative estimate of drug-likeness (QED) is 0.535. The molecule has 1 rings (SSSR count). The highest BCUT2D eigenvalue weighted by Crippen LogP contribution is 2.04. The topological polar surface area (TPSA) is 87.4 Å². The Hall–Kier alpha value is -2.35. The molecule has 0 atom stereocenters. The Morgan fingerprint density at radius 2 is 1.86 bits per heavy atom. The van der Waals surface area contributed by atoms with Crippen molar-refractivity contribution in [3.05, 3.63) is 35.4 Å². The molecule has 0 unspecified atom stereocenters. The number of esters is 1. The predicted octanol–water partition coefficient (Wildman–Crippen LogP) is 1.39. The molecule has 5 heteroatoms. The van der Waals surface area contributed by atoms with Crippen molar-refractivity contribution in [3.63, 3.8) is 0 Å². The van der Waals surface area contributed by atoms with E-state index >= 15 is 0 Å². The lowest BCUT2D eigenvalue weighted by Crippen LogP contribution is -2.09. The van der Waals surface area contributed by atoms with Crippen molar-refractivity contribution in [2.45, 2.75) is 0 Å². The Morgan fingerprint density at radius 1 is 1.29 bits per heavy atom. The Bertz CT molecular complexity index is 402. The number of carboxylic acid groups (broad SMARTS) is 1. The van der Waals surface area contributed by atoms with E-state index in [1.807, 2.05) is 6.07 Å². The van der Waals surface area contributed by atoms with Gasteiger partial charge in [0.25, 0.3) is 0 Å². The van der Waals surface area contributed by atoms with E-state index in [1.165, 1.54) is 24.3 Å². The van der Waals surface area contributed by atoms with E-state index in [-0.39, 0.29) is 5.56 Å². The smallest absolute Gasteiger partial charge is 0.449 e. The summed E-state index contributed by atoms with van der Waals surface area (Å²) in [5.74, 6) is -0.956. The third-order valence-electron chi connectivity index (χ3n) is 1.43. The third kappa shape index (κ3) is 2.32. The second kappa shape index (κ2) is 4.05. The minimum Gasteiger partial charge on any atom is -0.449 e. The molecule has 0 aromatic heterocycles. The maximum atomic E-state index is 11.0. The van der Waals surface area contributed by atoms with E-state index in [9.17, 15) is 9.59 Å². The van der Waals surface area contributed by atoms with Gasteiger partial charge in [0, 0.05) is 0 Å². The lowest BCUT2D eigenvalue weighted by atomic mass is 10.1. The van der Waals surface area contributed by atoms with Gasteiger partial charge >= 0.3 is 12.1 Å². The molecule has 5 nitrogen and oxygen atoms in total. The summed E-state index contributed by atoms with van der Waals surface area (Å²) >= 11 is 0. The van der Waals surface area contributed by atoms with E-state index in [0.717, 1.165) is 0 Å². The van der Waals surface area contributed by atoms with Gasteiger partial charge in [-0.05, 0) is 24.3 Å². The van der Waals surface area contributed by atoms with Crippen LogP contribution in [0.4, 0.5) is 4.79 Å². The van der Waals surface area contributed by atoms with E-state index in [0.29, 0.717) is 5.56 Å². The van der Waals surface area contributed by atoms with Crippen LogP contribution in [0.2, 0.25) is 0 Å². The summed E-state index contributed by atoms with van der Waals surface area (Å²) in [6.07, 6.45) is -1.65. The van der Waals surface area contributed by atoms with Gasteiger partial charge in [-0.1, -0.05) is 0 Å². The number of nitrogens with zero attached hydrogens (tertiary/aromatic N) is 1. The average molecular weight is 191 g/mol. The standard InChI is InChI=1S/C9H5NO4/c10-5-6-1-3-7(4-2-6)8(11)14-9(12)13/h1-4H,(H,12,13). The van der Waals surface area contributed by atoms with E-state index < -0.39 is 12.1 Å². The Morgan fingerprint density at radius 3 is 2.29 bits per heavy atom. The molecule has 0 aliphatic carbocycles. The molecule has 70 valence electrons. The lowest BCUT2D eigenvalue weighted by Gasteiger charge is -1.97. The normalized spacial score (nSPS) is 8.79. The molecule has 0 bridgehead atoms. The number of rotatable bonds is 1. The zero-order chi connectivity index (χ0) is 10.6. The molecular weight excluding hydrogens is 186 g/mol. The van der Waals surface area contributed by atoms with Gasteiger partial charge in [0.2, 0.25) is 0 Å². The molecule has 0 saturated carbocycles. The summed E-state index contributed by atoms with van der Waals surface area (Å²) in [5.41, 5.74) is 0.475. The average Bonchev–Trinajstić information content (AvgIpc) is 2.17. The first-order valence-electron chi connectivity index (χ1n) is 3.59. The molecule has 0 saturated heterocycles. The first-order chi connectivity index (χ1) is 6.63. The van der Waals surface area contributed by atoms with Crippen LogP contribution in [0, 0.1) is 11.3 Å². The molecule has 0 aliphatic rings. The molecule has 1 aromatic carbocycles. The fourth-order valence-corrected chi connectivity index (χ4v) is 0.819. The summed E-state index contributed by atoms with van der Waals surface area (Å²) in [4.78, 5) is 21.0. The fraction of sp³-hybridized carbons (Fsp3) is 0. The molecule has 1 aromatic rings. The van der Waals surface area contributed by atoms with Crippen molar-refractivity contribution in [1.82, 2.24) is 0 Å². The molecule has 0 aliphatic heterocycles. The van der Waals surface area contributed by atoms with Gasteiger partial charge in [-0.3, -0.25) is 0 Å². The SMILES string of the molecule is N#Cc1ccc(C(=O)OC(=O)O)cc1. The van der Waals surface area contributed by atoms with Crippen molar-refractivity contribution in [2.24, 2.45) is 0 Å². The monoisotopic (exact) mass is 191 g/mol. The minimum absolute atomic E-state index is 0.0893. The Kier molecular flexibility index (Phi) is 2.82. The van der Waals surface area contributed by atoms with E-state index in [2.05, 4.69) is 4.74 Å². The van der Waals surface area contributed by atoms with Crippen molar-refractivity contribution < 1.29 is 19.4 Å². The summed E-state index contributed by atoms with van der Waals surface area (Å²) in [5, 5.41) is 16.6. The highest BCUT2D eigenvalue weighted by Gasteiger charge is 2.10. The molecule has 1 N–H and O–H groups in total. The van der Waals surface area contributed by atoms with Crippen LogP contribution in [0.3, 0.4) is 0 Å². The van der Waals surface area contributed by atoms with Gasteiger partial charge in [-0.25, -0.2) is 9.59 Å². The number of hydrogen-bond donors (Lipinski definition) is 1. The maximum absolute atomic E-state index is 11.0. The summed E-state index contributed by atoms with van der Waals surface area (Å²) < 4.78 is 3.90.